The van der Waals surface area contributed by atoms with E-state index in [1.54, 1.807) is 19.4 Å². The smallest absolute Gasteiger partial charge is 0.407 e. The van der Waals surface area contributed by atoms with Gasteiger partial charge in [0.1, 0.15) is 11.4 Å². The molecule has 0 aromatic carbocycles. The molecule has 32 heavy (non-hydrogen) atoms. The van der Waals surface area contributed by atoms with Gasteiger partial charge in [0.2, 0.25) is 5.82 Å². The zero-order chi connectivity index (χ0) is 23.0. The van der Waals surface area contributed by atoms with Crippen LogP contribution in [-0.2, 0) is 11.3 Å². The molecule has 0 radical (unpaired) electrons. The molecule has 11 heteroatoms. The number of hydrogen-bond donors (Lipinski definition) is 3. The molecule has 1 atom stereocenters. The number of carbonyl (C=O) groups is 1. The molecular weight excluding hydrogens is 525 g/mol. The van der Waals surface area contributed by atoms with E-state index in [-0.39, 0.29) is 35.9 Å². The van der Waals surface area contributed by atoms with Crippen LogP contribution in [0.25, 0.3) is 11.6 Å². The van der Waals surface area contributed by atoms with Crippen molar-refractivity contribution in [1.29, 1.82) is 0 Å². The molecule has 0 aliphatic heterocycles. The molecule has 2 aromatic heterocycles. The summed E-state index contributed by atoms with van der Waals surface area (Å²) in [6.07, 6.45) is 1.94. The van der Waals surface area contributed by atoms with E-state index < -0.39 is 11.7 Å². The van der Waals surface area contributed by atoms with Gasteiger partial charge in [0.05, 0.1) is 12.8 Å². The van der Waals surface area contributed by atoms with E-state index >= 15 is 0 Å². The number of guanidine groups is 1. The number of alkyl carbamates (subject to hydrolysis) is 1. The van der Waals surface area contributed by atoms with Crippen LogP contribution in [0.4, 0.5) is 4.79 Å². The summed E-state index contributed by atoms with van der Waals surface area (Å²) in [6.45, 7) is 10.9. The van der Waals surface area contributed by atoms with Crippen LogP contribution >= 0.6 is 24.0 Å². The molecule has 2 heterocycles. The van der Waals surface area contributed by atoms with E-state index in [2.05, 4.69) is 44.7 Å². The minimum Gasteiger partial charge on any atom is -0.461 e. The molecule has 1 amide bonds. The first kappa shape index (κ1) is 27.7. The zero-order valence-corrected chi connectivity index (χ0v) is 22.3. The van der Waals surface area contributed by atoms with Crippen molar-refractivity contribution in [2.45, 2.75) is 59.2 Å². The van der Waals surface area contributed by atoms with Gasteiger partial charge in [-0.05, 0) is 45.2 Å². The van der Waals surface area contributed by atoms with Crippen LogP contribution in [0, 0.1) is 5.92 Å². The van der Waals surface area contributed by atoms with Gasteiger partial charge in [-0.2, -0.15) is 0 Å². The summed E-state index contributed by atoms with van der Waals surface area (Å²) in [5.74, 6) is 2.78. The lowest BCUT2D eigenvalue weighted by Gasteiger charge is -2.28. The van der Waals surface area contributed by atoms with Crippen molar-refractivity contribution < 1.29 is 13.9 Å². The molecule has 0 saturated heterocycles. The van der Waals surface area contributed by atoms with E-state index in [1.165, 1.54) is 0 Å². The largest absolute Gasteiger partial charge is 0.461 e. The number of H-pyrrole nitrogens is 1. The second kappa shape index (κ2) is 12.7. The van der Waals surface area contributed by atoms with Gasteiger partial charge in [-0.25, -0.2) is 9.78 Å². The number of rotatable bonds is 8. The molecule has 1 unspecified atom stereocenters. The molecule has 2 aromatic rings. The minimum atomic E-state index is -0.522. The Morgan fingerprint density at radius 2 is 2.09 bits per heavy atom. The Hall–Kier alpha value is -2.31. The monoisotopic (exact) mass is 561 g/mol. The molecule has 0 fully saturated rings. The van der Waals surface area contributed by atoms with E-state index in [4.69, 9.17) is 9.15 Å². The van der Waals surface area contributed by atoms with Gasteiger partial charge in [-0.3, -0.25) is 10.1 Å². The third-order valence-corrected chi connectivity index (χ3v) is 4.54. The number of nitrogens with zero attached hydrogens (tertiary/aromatic N) is 4. The van der Waals surface area contributed by atoms with E-state index in [9.17, 15) is 4.79 Å². The van der Waals surface area contributed by atoms with Gasteiger partial charge in [0.15, 0.2) is 11.7 Å². The third kappa shape index (κ3) is 9.05. The summed E-state index contributed by atoms with van der Waals surface area (Å²) in [5, 5.41) is 13.3. The highest BCUT2D eigenvalue weighted by atomic mass is 127. The fourth-order valence-electron chi connectivity index (χ4n) is 2.91. The van der Waals surface area contributed by atoms with E-state index in [0.717, 1.165) is 12.4 Å². The number of aliphatic imine (C=N–C) groups is 1. The van der Waals surface area contributed by atoms with E-state index in [0.29, 0.717) is 30.5 Å². The van der Waals surface area contributed by atoms with Crippen LogP contribution in [-0.4, -0.2) is 64.4 Å². The normalized spacial score (nSPS) is 12.8. The highest BCUT2D eigenvalue weighted by Crippen LogP contribution is 2.14. The van der Waals surface area contributed by atoms with Gasteiger partial charge in [0, 0.05) is 26.7 Å². The van der Waals surface area contributed by atoms with Gasteiger partial charge in [-0.1, -0.05) is 13.8 Å². The number of amides is 1. The zero-order valence-electron chi connectivity index (χ0n) is 19.9. The summed E-state index contributed by atoms with van der Waals surface area (Å²) >= 11 is 0. The van der Waals surface area contributed by atoms with Crippen molar-refractivity contribution in [2.24, 2.45) is 10.9 Å². The van der Waals surface area contributed by atoms with Crippen molar-refractivity contribution in [1.82, 2.24) is 30.7 Å². The van der Waals surface area contributed by atoms with Crippen LogP contribution in [0.5, 0.6) is 0 Å². The topological polar surface area (TPSA) is 121 Å². The Morgan fingerprint density at radius 1 is 1.38 bits per heavy atom. The van der Waals surface area contributed by atoms with Gasteiger partial charge < -0.3 is 24.7 Å². The Balaban J connectivity index is 0.00000512. The lowest BCUT2D eigenvalue weighted by Crippen LogP contribution is -2.45. The minimum absolute atomic E-state index is 0. The molecule has 2 rings (SSSR count). The molecule has 0 saturated carbocycles. The Labute approximate surface area is 207 Å². The highest BCUT2D eigenvalue weighted by molar-refractivity contribution is 14.0. The Kier molecular flexibility index (Phi) is 11.0. The lowest BCUT2D eigenvalue weighted by atomic mass is 10.0. The van der Waals surface area contributed by atoms with Crippen LogP contribution in [0.15, 0.2) is 27.8 Å². The second-order valence-corrected chi connectivity index (χ2v) is 8.69. The molecule has 3 N–H and O–H groups in total. The summed E-state index contributed by atoms with van der Waals surface area (Å²) in [6, 6.07) is 3.59. The number of aromatic amines is 1. The summed E-state index contributed by atoms with van der Waals surface area (Å²) in [7, 11) is 3.68. The first-order valence-electron chi connectivity index (χ1n) is 10.5. The van der Waals surface area contributed by atoms with Crippen LogP contribution in [0.3, 0.4) is 0 Å². The molecule has 0 spiro atoms. The van der Waals surface area contributed by atoms with Gasteiger partial charge in [0.25, 0.3) is 0 Å². The number of nitrogens with one attached hydrogen (secondary N) is 3. The third-order valence-electron chi connectivity index (χ3n) is 4.54. The number of furan rings is 1. The van der Waals surface area contributed by atoms with Gasteiger partial charge >= 0.3 is 6.09 Å². The fourth-order valence-corrected chi connectivity index (χ4v) is 2.91. The molecule has 0 aliphatic rings. The maximum atomic E-state index is 12.1. The molecular formula is C21H36IN7O3. The van der Waals surface area contributed by atoms with E-state index in [1.807, 2.05) is 38.8 Å². The maximum Gasteiger partial charge on any atom is 0.407 e. The van der Waals surface area contributed by atoms with Crippen molar-refractivity contribution in [3.63, 3.8) is 0 Å². The summed E-state index contributed by atoms with van der Waals surface area (Å²) in [5.41, 5.74) is -0.522. The van der Waals surface area contributed by atoms with Gasteiger partial charge in [-0.15, -0.1) is 29.1 Å². The molecule has 10 nitrogen and oxygen atoms in total. The summed E-state index contributed by atoms with van der Waals surface area (Å²) in [4.78, 5) is 22.9. The quantitative estimate of drug-likeness (QED) is 0.256. The number of aromatic nitrogens is 3. The second-order valence-electron chi connectivity index (χ2n) is 8.69. The number of hydrogen-bond acceptors (Lipinski definition) is 6. The number of ether oxygens (including phenoxy) is 1. The first-order chi connectivity index (χ1) is 14.6. The molecule has 180 valence electrons. The predicted octanol–water partition coefficient (Wildman–Crippen LogP) is 3.63. The lowest BCUT2D eigenvalue weighted by molar-refractivity contribution is 0.0486. The van der Waals surface area contributed by atoms with Crippen LogP contribution < -0.4 is 10.6 Å². The highest BCUT2D eigenvalue weighted by Gasteiger charge is 2.22. The number of carbonyl (C=O) groups excluding carboxylic acids is 1. The van der Waals surface area contributed by atoms with Crippen molar-refractivity contribution in [2.75, 3.05) is 20.6 Å². The average molecular weight is 561 g/mol. The van der Waals surface area contributed by atoms with Crippen LogP contribution in [0.2, 0.25) is 0 Å². The standard InChI is InChI=1S/C21H35N7O3.HI/c1-14(2)15(24-20(29)31-21(3,4)5)10-11-28(7)19(22-6)23-13-17-25-18(27-26-17)16-9-8-12-30-16;/h8-9,12,14-15H,10-11,13H2,1-7H3,(H,22,23)(H,24,29)(H,25,26,27);1H. The Morgan fingerprint density at radius 3 is 2.66 bits per heavy atom. The maximum absolute atomic E-state index is 12.1. The molecule has 0 bridgehead atoms. The molecule has 0 aliphatic carbocycles. The average Bonchev–Trinajstić information content (AvgIpc) is 3.35. The predicted molar refractivity (Wildman–Crippen MR) is 135 cm³/mol. The fraction of sp³-hybridized carbons (Fsp3) is 0.619. The Bertz CT molecular complexity index is 844. The van der Waals surface area contributed by atoms with Crippen molar-refractivity contribution >= 4 is 36.0 Å². The van der Waals surface area contributed by atoms with Crippen molar-refractivity contribution in [3.05, 3.63) is 24.2 Å². The summed E-state index contributed by atoms with van der Waals surface area (Å²) < 4.78 is 10.7. The van der Waals surface area contributed by atoms with Crippen LogP contribution in [0.1, 0.15) is 46.9 Å². The first-order valence-corrected chi connectivity index (χ1v) is 10.5. The number of halogens is 1. The van der Waals surface area contributed by atoms with Crippen molar-refractivity contribution in [3.8, 4) is 11.6 Å². The SMILES string of the molecule is CN=C(NCc1nc(-c2ccco2)n[nH]1)N(C)CCC(NC(=O)OC(C)(C)C)C(C)C.I.